The number of carbonyl (C=O) groups is 1. The van der Waals surface area contributed by atoms with Crippen LogP contribution in [0.25, 0.3) is 10.9 Å². The van der Waals surface area contributed by atoms with Crippen molar-refractivity contribution in [3.63, 3.8) is 0 Å². The topological polar surface area (TPSA) is 137 Å². The minimum atomic E-state index is -4.06. The van der Waals surface area contributed by atoms with E-state index in [4.69, 9.17) is 5.14 Å². The zero-order valence-electron chi connectivity index (χ0n) is 19.4. The normalized spacial score (nSPS) is 20.2. The van der Waals surface area contributed by atoms with E-state index < -0.39 is 16.4 Å². The van der Waals surface area contributed by atoms with Crippen LogP contribution in [0.2, 0.25) is 0 Å². The lowest BCUT2D eigenvalue weighted by Crippen LogP contribution is -2.24. The van der Waals surface area contributed by atoms with E-state index in [1.54, 1.807) is 0 Å². The van der Waals surface area contributed by atoms with Gasteiger partial charge in [0.25, 0.3) is 0 Å². The summed E-state index contributed by atoms with van der Waals surface area (Å²) in [4.78, 5) is 22.4. The van der Waals surface area contributed by atoms with Gasteiger partial charge in [-0.05, 0) is 59.7 Å². The van der Waals surface area contributed by atoms with Crippen molar-refractivity contribution in [3.05, 3.63) is 82.2 Å². The minimum Gasteiger partial charge on any atom is -0.393 e. The van der Waals surface area contributed by atoms with Crippen LogP contribution in [0.4, 0.5) is 0 Å². The Morgan fingerprint density at radius 1 is 1.25 bits per heavy atom. The second-order valence-electron chi connectivity index (χ2n) is 9.18. The number of hydrogen-bond donors (Lipinski definition) is 2. The molecule has 36 heavy (non-hydrogen) atoms. The van der Waals surface area contributed by atoms with Crippen LogP contribution < -0.4 is 5.14 Å². The van der Waals surface area contributed by atoms with Gasteiger partial charge in [0.15, 0.2) is 0 Å². The lowest BCUT2D eigenvalue weighted by atomic mass is 9.96. The number of aliphatic hydroxyl groups is 1. The summed E-state index contributed by atoms with van der Waals surface area (Å²) in [6.07, 6.45) is 5.77. The van der Waals surface area contributed by atoms with Gasteiger partial charge in [0, 0.05) is 30.4 Å². The quantitative estimate of drug-likeness (QED) is 0.320. The van der Waals surface area contributed by atoms with Crippen LogP contribution in [0.1, 0.15) is 39.3 Å². The van der Waals surface area contributed by atoms with Crippen LogP contribution in [-0.4, -0.2) is 46.6 Å². The fourth-order valence-corrected chi connectivity index (χ4v) is 6.13. The lowest BCUT2D eigenvalue weighted by Gasteiger charge is -2.13. The molecule has 0 bridgehead atoms. The first-order valence-corrected chi connectivity index (χ1v) is 13.9. The molecule has 1 aromatic carbocycles. The van der Waals surface area contributed by atoms with Gasteiger partial charge in [0.2, 0.25) is 5.78 Å². The number of aromatic nitrogens is 3. The SMILES string of the molecule is NS(=O)(=O)OC[C@H]1C[C@@H](Cc2ncncc2C(=O)c2cc(Cn3ccc4ccccc43)cs2)C[C@@H]1O. The zero-order valence-corrected chi connectivity index (χ0v) is 21.0. The van der Waals surface area contributed by atoms with Crippen molar-refractivity contribution in [2.24, 2.45) is 17.0 Å². The van der Waals surface area contributed by atoms with Crippen molar-refractivity contribution >= 4 is 38.3 Å². The number of hydrogen-bond acceptors (Lipinski definition) is 8. The van der Waals surface area contributed by atoms with Gasteiger partial charge in [0.1, 0.15) is 6.33 Å². The maximum Gasteiger partial charge on any atom is 0.333 e. The predicted octanol–water partition coefficient (Wildman–Crippen LogP) is 2.92. The average molecular weight is 527 g/mol. The summed E-state index contributed by atoms with van der Waals surface area (Å²) >= 11 is 1.40. The maximum absolute atomic E-state index is 13.4. The molecule has 1 fully saturated rings. The molecule has 1 aliphatic rings. The Hall–Kier alpha value is -2.96. The van der Waals surface area contributed by atoms with Crippen LogP contribution in [0.5, 0.6) is 0 Å². The van der Waals surface area contributed by atoms with Gasteiger partial charge in [-0.25, -0.2) is 15.1 Å². The second-order valence-corrected chi connectivity index (χ2v) is 11.3. The Morgan fingerprint density at radius 3 is 2.92 bits per heavy atom. The molecule has 0 aliphatic heterocycles. The highest BCUT2D eigenvalue weighted by molar-refractivity contribution is 7.84. The number of benzene rings is 1. The largest absolute Gasteiger partial charge is 0.393 e. The first-order valence-electron chi connectivity index (χ1n) is 11.6. The summed E-state index contributed by atoms with van der Waals surface area (Å²) in [5.41, 5.74) is 3.24. The van der Waals surface area contributed by atoms with Crippen LogP contribution in [0.3, 0.4) is 0 Å². The number of para-hydroxylation sites is 1. The highest BCUT2D eigenvalue weighted by atomic mass is 32.2. The molecule has 3 aromatic heterocycles. The summed E-state index contributed by atoms with van der Waals surface area (Å²) in [5, 5.41) is 18.4. The number of carbonyl (C=O) groups excluding carboxylic acids is 1. The predicted molar refractivity (Wildman–Crippen MR) is 136 cm³/mol. The first kappa shape index (κ1) is 24.7. The van der Waals surface area contributed by atoms with Crippen LogP contribution in [-0.2, 0) is 27.5 Å². The lowest BCUT2D eigenvalue weighted by molar-refractivity contribution is 0.100. The van der Waals surface area contributed by atoms with Crippen molar-refractivity contribution in [2.75, 3.05) is 6.61 Å². The Labute approximate surface area is 212 Å². The van der Waals surface area contributed by atoms with E-state index in [0.29, 0.717) is 41.9 Å². The van der Waals surface area contributed by atoms with E-state index in [-0.39, 0.29) is 24.2 Å². The van der Waals surface area contributed by atoms with Crippen molar-refractivity contribution in [1.29, 1.82) is 0 Å². The summed E-state index contributed by atoms with van der Waals surface area (Å²) in [6.45, 7) is 0.498. The van der Waals surface area contributed by atoms with Crippen molar-refractivity contribution in [2.45, 2.75) is 31.9 Å². The number of thiophene rings is 1. The molecule has 0 saturated heterocycles. The van der Waals surface area contributed by atoms with E-state index in [9.17, 15) is 18.3 Å². The number of ketones is 1. The van der Waals surface area contributed by atoms with E-state index >= 15 is 0 Å². The number of nitrogens with zero attached hydrogens (tertiary/aromatic N) is 3. The Balaban J connectivity index is 1.28. The van der Waals surface area contributed by atoms with Gasteiger partial charge in [-0.1, -0.05) is 18.2 Å². The molecule has 0 unspecified atom stereocenters. The maximum atomic E-state index is 13.4. The van der Waals surface area contributed by atoms with Crippen LogP contribution in [0.15, 0.2) is 60.5 Å². The van der Waals surface area contributed by atoms with Crippen molar-refractivity contribution in [3.8, 4) is 0 Å². The Kier molecular flexibility index (Phi) is 7.00. The van der Waals surface area contributed by atoms with E-state index in [1.807, 2.05) is 29.8 Å². The van der Waals surface area contributed by atoms with Gasteiger partial charge in [-0.15, -0.1) is 11.3 Å². The smallest absolute Gasteiger partial charge is 0.333 e. The molecule has 1 aliphatic carbocycles. The molecule has 3 atom stereocenters. The van der Waals surface area contributed by atoms with Gasteiger partial charge in [0.05, 0.1) is 28.8 Å². The highest BCUT2D eigenvalue weighted by Gasteiger charge is 2.35. The molecule has 9 nitrogen and oxygen atoms in total. The molecular formula is C25H26N4O5S2. The van der Waals surface area contributed by atoms with Crippen molar-refractivity contribution in [1.82, 2.24) is 14.5 Å². The summed E-state index contributed by atoms with van der Waals surface area (Å²) < 4.78 is 29.0. The monoisotopic (exact) mass is 526 g/mol. The Bertz CT molecular complexity index is 1500. The van der Waals surface area contributed by atoms with Gasteiger partial charge in [-0.3, -0.25) is 8.98 Å². The molecule has 1 saturated carbocycles. The third-order valence-corrected chi connectivity index (χ3v) is 8.08. The van der Waals surface area contributed by atoms with Gasteiger partial charge in [-0.2, -0.15) is 8.42 Å². The van der Waals surface area contributed by atoms with E-state index in [1.165, 1.54) is 29.2 Å². The molecule has 4 aromatic rings. The zero-order chi connectivity index (χ0) is 25.3. The number of aliphatic hydroxyl groups excluding tert-OH is 1. The fraction of sp³-hybridized carbons (Fsp3) is 0.320. The first-order chi connectivity index (χ1) is 17.3. The molecule has 11 heteroatoms. The van der Waals surface area contributed by atoms with Gasteiger partial charge >= 0.3 is 10.3 Å². The summed E-state index contributed by atoms with van der Waals surface area (Å²) in [7, 11) is -4.06. The van der Waals surface area contributed by atoms with Crippen LogP contribution >= 0.6 is 11.3 Å². The molecule has 3 heterocycles. The summed E-state index contributed by atoms with van der Waals surface area (Å²) in [5.74, 6) is -0.456. The second kappa shape index (κ2) is 10.2. The minimum absolute atomic E-state index is 0.0245. The average Bonchev–Trinajstić information content (AvgIpc) is 3.57. The van der Waals surface area contributed by atoms with Crippen LogP contribution in [0, 0.1) is 11.8 Å². The molecule has 188 valence electrons. The van der Waals surface area contributed by atoms with Gasteiger partial charge < -0.3 is 9.67 Å². The highest BCUT2D eigenvalue weighted by Crippen LogP contribution is 2.34. The van der Waals surface area contributed by atoms with E-state index in [2.05, 4.69) is 36.9 Å². The number of rotatable bonds is 9. The molecule has 0 spiro atoms. The molecule has 5 rings (SSSR count). The third kappa shape index (κ3) is 5.55. The standard InChI is InChI=1S/C25H26N4O5S2/c26-36(32,33)34-13-19-7-16(9-23(19)30)8-21-20(11-27-15-28-21)25(31)24-10-17(14-35-24)12-29-6-5-18-3-1-2-4-22(18)29/h1-6,10-11,14-16,19,23,30H,7-9,12-13H2,(H2,26,32,33)/t16-,19+,23-/m0/s1. The third-order valence-electron chi connectivity index (χ3n) is 6.63. The Morgan fingerprint density at radius 2 is 2.08 bits per heavy atom. The summed E-state index contributed by atoms with van der Waals surface area (Å²) in [6, 6.07) is 12.2. The molecule has 0 radical (unpaired) electrons. The number of fused-ring (bicyclic) bond motifs is 1. The molecule has 3 N–H and O–H groups in total. The molecular weight excluding hydrogens is 500 g/mol. The van der Waals surface area contributed by atoms with E-state index in [0.717, 1.165) is 11.1 Å². The fourth-order valence-electron chi connectivity index (χ4n) is 4.91. The number of nitrogens with two attached hydrogens (primary N) is 1. The van der Waals surface area contributed by atoms with Crippen molar-refractivity contribution < 1.29 is 22.5 Å². The molecule has 0 amide bonds.